The molecule has 1 nitrogen and oxygen atoms in total. The Kier molecular flexibility index (Phi) is 7.83. The van der Waals surface area contributed by atoms with Crippen LogP contribution in [0.4, 0.5) is 21.5 Å². The van der Waals surface area contributed by atoms with Gasteiger partial charge in [-0.1, -0.05) is 158 Å². The van der Waals surface area contributed by atoms with Crippen molar-refractivity contribution in [3.8, 4) is 33.4 Å². The Hall–Kier alpha value is -6.51. The van der Waals surface area contributed by atoms with E-state index in [9.17, 15) is 4.39 Å². The molecule has 0 aromatic heterocycles. The van der Waals surface area contributed by atoms with Crippen molar-refractivity contribution < 1.29 is 4.39 Å². The van der Waals surface area contributed by atoms with Crippen LogP contribution in [0.15, 0.2) is 194 Å². The fourth-order valence-electron chi connectivity index (χ4n) is 7.56. The zero-order valence-corrected chi connectivity index (χ0v) is 28.0. The molecule has 9 aromatic carbocycles. The molecule has 0 heterocycles. The number of anilines is 3. The molecule has 9 rings (SSSR count). The summed E-state index contributed by atoms with van der Waals surface area (Å²) in [7, 11) is 0. The fourth-order valence-corrected chi connectivity index (χ4v) is 7.56. The van der Waals surface area contributed by atoms with Crippen LogP contribution in [0, 0.1) is 0 Å². The van der Waals surface area contributed by atoms with Gasteiger partial charge in [0, 0.05) is 17.1 Å². The first-order chi connectivity index (χ1) is 25.3. The maximum atomic E-state index is 13.3. The van der Waals surface area contributed by atoms with Gasteiger partial charge >= 0.3 is 0 Å². The second-order valence-corrected chi connectivity index (χ2v) is 13.0. The molecule has 51 heavy (non-hydrogen) atoms. The van der Waals surface area contributed by atoms with Gasteiger partial charge in [-0.2, -0.15) is 0 Å². The first-order valence-corrected chi connectivity index (χ1v) is 17.4. The molecule has 0 saturated carbocycles. The molecule has 0 fully saturated rings. The number of benzene rings is 9. The van der Waals surface area contributed by atoms with Crippen LogP contribution in [0.2, 0.25) is 0 Å². The molecule has 2 heteroatoms. The highest BCUT2D eigenvalue weighted by molar-refractivity contribution is 6.23. The highest BCUT2D eigenvalue weighted by Gasteiger charge is 2.18. The van der Waals surface area contributed by atoms with E-state index in [1.54, 1.807) is 0 Å². The third kappa shape index (κ3) is 5.52. The molecule has 0 aliphatic carbocycles. The first-order valence-electron chi connectivity index (χ1n) is 17.4. The maximum absolute atomic E-state index is 13.3. The molecule has 0 amide bonds. The van der Waals surface area contributed by atoms with E-state index < -0.39 is 6.67 Å². The van der Waals surface area contributed by atoms with Crippen LogP contribution in [-0.4, -0.2) is 0 Å². The molecule has 0 aliphatic heterocycles. The Labute approximate surface area is 297 Å². The van der Waals surface area contributed by atoms with Gasteiger partial charge in [0.1, 0.15) is 6.67 Å². The monoisotopic (exact) mass is 655 g/mol. The molecular weight excluding hydrogens is 622 g/mol. The van der Waals surface area contributed by atoms with Crippen molar-refractivity contribution >= 4 is 49.4 Å². The number of para-hydroxylation sites is 1. The largest absolute Gasteiger partial charge is 0.311 e. The van der Waals surface area contributed by atoms with E-state index in [-0.39, 0.29) is 0 Å². The van der Waals surface area contributed by atoms with Crippen LogP contribution in [-0.2, 0) is 6.67 Å². The summed E-state index contributed by atoms with van der Waals surface area (Å²) < 4.78 is 13.3. The average Bonchev–Trinajstić information content (AvgIpc) is 3.21. The summed E-state index contributed by atoms with van der Waals surface area (Å²) in [6, 6.07) is 68.6. The van der Waals surface area contributed by atoms with E-state index in [1.165, 1.54) is 54.6 Å². The second kappa shape index (κ2) is 13.1. The molecule has 0 N–H and O–H groups in total. The fraction of sp³-hybridized carbons (Fsp3) is 0.0204. The molecule has 0 atom stereocenters. The van der Waals surface area contributed by atoms with Crippen LogP contribution >= 0.6 is 0 Å². The molecule has 0 bridgehead atoms. The second-order valence-electron chi connectivity index (χ2n) is 13.0. The highest BCUT2D eigenvalue weighted by Crippen LogP contribution is 2.45. The minimum absolute atomic E-state index is 0.470. The summed E-state index contributed by atoms with van der Waals surface area (Å²) in [5.41, 5.74) is 11.0. The summed E-state index contributed by atoms with van der Waals surface area (Å²) in [5, 5.41) is 7.51. The van der Waals surface area contributed by atoms with Crippen LogP contribution in [0.1, 0.15) is 5.56 Å². The number of fused-ring (bicyclic) bond motifs is 3. The summed E-state index contributed by atoms with van der Waals surface area (Å²) >= 11 is 0. The van der Waals surface area contributed by atoms with Crippen LogP contribution in [0.5, 0.6) is 0 Å². The van der Waals surface area contributed by atoms with Crippen LogP contribution < -0.4 is 4.90 Å². The van der Waals surface area contributed by atoms with Gasteiger partial charge < -0.3 is 4.90 Å². The quantitative estimate of drug-likeness (QED) is 0.154. The lowest BCUT2D eigenvalue weighted by molar-refractivity contribution is 0.485. The molecule has 0 aliphatic rings. The van der Waals surface area contributed by atoms with E-state index in [2.05, 4.69) is 157 Å². The zero-order chi connectivity index (χ0) is 34.1. The Bertz CT molecular complexity index is 2580. The number of hydrogen-bond donors (Lipinski definition) is 0. The van der Waals surface area contributed by atoms with Crippen LogP contribution in [0.3, 0.4) is 0 Å². The Morgan fingerprint density at radius 2 is 0.765 bits per heavy atom. The van der Waals surface area contributed by atoms with E-state index >= 15 is 0 Å². The topological polar surface area (TPSA) is 3.24 Å². The van der Waals surface area contributed by atoms with Gasteiger partial charge in [-0.25, -0.2) is 4.39 Å². The van der Waals surface area contributed by atoms with Crippen molar-refractivity contribution in [2.24, 2.45) is 0 Å². The predicted octanol–water partition coefficient (Wildman–Crippen LogP) is 14.1. The van der Waals surface area contributed by atoms with Gasteiger partial charge in [-0.15, -0.1) is 0 Å². The van der Waals surface area contributed by atoms with Crippen molar-refractivity contribution in [1.82, 2.24) is 0 Å². The Balaban J connectivity index is 1.12. The summed E-state index contributed by atoms with van der Waals surface area (Å²) in [4.78, 5) is 2.20. The molecule has 242 valence electrons. The van der Waals surface area contributed by atoms with Gasteiger partial charge in [0.25, 0.3) is 0 Å². The van der Waals surface area contributed by atoms with Gasteiger partial charge in [-0.05, 0) is 108 Å². The molecule has 0 unspecified atom stereocenters. The molecular formula is C49H34FN. The van der Waals surface area contributed by atoms with Crippen molar-refractivity contribution in [3.63, 3.8) is 0 Å². The minimum Gasteiger partial charge on any atom is -0.311 e. The third-order valence-electron chi connectivity index (χ3n) is 9.99. The van der Waals surface area contributed by atoms with E-state index in [0.29, 0.717) is 5.56 Å². The highest BCUT2D eigenvalue weighted by atomic mass is 19.1. The van der Waals surface area contributed by atoms with Gasteiger partial charge in [0.15, 0.2) is 0 Å². The third-order valence-corrected chi connectivity index (χ3v) is 9.99. The number of alkyl halides is 1. The van der Waals surface area contributed by atoms with Gasteiger partial charge in [0.2, 0.25) is 0 Å². The molecule has 9 aromatic rings. The Morgan fingerprint density at radius 1 is 0.333 bits per heavy atom. The number of rotatable bonds is 7. The smallest absolute Gasteiger partial charge is 0.115 e. The number of hydrogen-bond acceptors (Lipinski definition) is 1. The molecule has 0 radical (unpaired) electrons. The maximum Gasteiger partial charge on any atom is 0.115 e. The summed E-state index contributed by atoms with van der Waals surface area (Å²) in [6.07, 6.45) is 0. The van der Waals surface area contributed by atoms with Gasteiger partial charge in [0.05, 0.1) is 0 Å². The van der Waals surface area contributed by atoms with Crippen molar-refractivity contribution in [3.05, 3.63) is 200 Å². The SMILES string of the molecule is FCc1ccc(N(c2ccccc2)c2ccc(-c3ccc(-c4c5ccccc5c(-c5cccc6ccccc56)c5ccccc45)cc3)cc2)cc1. The first kappa shape index (κ1) is 30.5. The lowest BCUT2D eigenvalue weighted by atomic mass is 9.84. The lowest BCUT2D eigenvalue weighted by Crippen LogP contribution is -2.09. The summed E-state index contributed by atoms with van der Waals surface area (Å²) in [5.74, 6) is 0. The lowest BCUT2D eigenvalue weighted by Gasteiger charge is -2.25. The average molecular weight is 656 g/mol. The van der Waals surface area contributed by atoms with Crippen LogP contribution in [0.25, 0.3) is 65.7 Å². The van der Waals surface area contributed by atoms with Crippen molar-refractivity contribution in [1.29, 1.82) is 0 Å². The summed E-state index contributed by atoms with van der Waals surface area (Å²) in [6.45, 7) is -0.470. The Morgan fingerprint density at radius 3 is 1.35 bits per heavy atom. The van der Waals surface area contributed by atoms with Crippen molar-refractivity contribution in [2.75, 3.05) is 4.90 Å². The molecule has 0 spiro atoms. The predicted molar refractivity (Wildman–Crippen MR) is 215 cm³/mol. The van der Waals surface area contributed by atoms with E-state index in [4.69, 9.17) is 0 Å². The van der Waals surface area contributed by atoms with E-state index in [1.807, 2.05) is 42.5 Å². The van der Waals surface area contributed by atoms with E-state index in [0.717, 1.165) is 28.2 Å². The normalized spacial score (nSPS) is 11.3. The zero-order valence-electron chi connectivity index (χ0n) is 28.0. The van der Waals surface area contributed by atoms with Crippen molar-refractivity contribution in [2.45, 2.75) is 6.67 Å². The minimum atomic E-state index is -0.470. The number of nitrogens with zero attached hydrogens (tertiary/aromatic N) is 1. The number of halogens is 1. The standard InChI is InChI=1S/C49H34FN/c50-33-34-21-29-40(30-22-34)51(39-13-2-1-3-14-39)41-31-27-36(28-32-41)35-23-25-38(26-24-35)48-44-16-6-8-18-46(44)49(47-19-9-7-17-45(47)48)43-20-10-12-37-11-4-5-15-42(37)43/h1-32H,33H2. The molecule has 0 saturated heterocycles. The van der Waals surface area contributed by atoms with Gasteiger partial charge in [-0.3, -0.25) is 0 Å².